The van der Waals surface area contributed by atoms with E-state index in [0.717, 1.165) is 29.5 Å². The number of nitrogens with zero attached hydrogens (tertiary/aromatic N) is 1. The van der Waals surface area contributed by atoms with Crippen molar-refractivity contribution in [3.8, 4) is 5.75 Å². The van der Waals surface area contributed by atoms with Gasteiger partial charge < -0.3 is 10.1 Å². The quantitative estimate of drug-likeness (QED) is 0.165. The highest BCUT2D eigenvalue weighted by atomic mass is 35.5. The van der Waals surface area contributed by atoms with Crippen molar-refractivity contribution < 1.29 is 17.9 Å². The molecule has 0 aliphatic carbocycles. The van der Waals surface area contributed by atoms with Gasteiger partial charge in [-0.1, -0.05) is 96.5 Å². The topological polar surface area (TPSA) is 24.5 Å². The first-order chi connectivity index (χ1) is 19.3. The highest BCUT2D eigenvalue weighted by Gasteiger charge is 2.34. The van der Waals surface area contributed by atoms with Crippen LogP contribution < -0.4 is 10.1 Å². The van der Waals surface area contributed by atoms with E-state index in [1.165, 1.54) is 11.6 Å². The average molecular weight is 567 g/mol. The summed E-state index contributed by atoms with van der Waals surface area (Å²) < 4.78 is 46.7. The van der Waals surface area contributed by atoms with Crippen molar-refractivity contribution in [1.82, 2.24) is 10.2 Å². The van der Waals surface area contributed by atoms with Crippen LogP contribution in [0.2, 0.25) is 5.02 Å². The minimum Gasteiger partial charge on any atom is -0.494 e. The van der Waals surface area contributed by atoms with Crippen LogP contribution in [0.5, 0.6) is 5.75 Å². The number of ether oxygens (including phenoxy) is 1. The molecule has 0 heterocycles. The van der Waals surface area contributed by atoms with Gasteiger partial charge in [0, 0.05) is 32.1 Å². The van der Waals surface area contributed by atoms with Gasteiger partial charge in [-0.25, -0.2) is 0 Å². The molecule has 210 valence electrons. The molecule has 0 aromatic heterocycles. The van der Waals surface area contributed by atoms with Crippen LogP contribution >= 0.6 is 11.6 Å². The van der Waals surface area contributed by atoms with Gasteiger partial charge in [0.1, 0.15) is 5.75 Å². The van der Waals surface area contributed by atoms with Crippen LogP contribution in [0.25, 0.3) is 0 Å². The van der Waals surface area contributed by atoms with E-state index in [1.54, 1.807) is 6.07 Å². The number of nitrogens with one attached hydrogen (secondary N) is 1. The molecule has 0 unspecified atom stereocenters. The third-order valence-electron chi connectivity index (χ3n) is 6.81. The first-order valence-corrected chi connectivity index (χ1v) is 13.8. The number of benzene rings is 4. The number of halogens is 4. The largest absolute Gasteiger partial charge is 0.494 e. The minimum atomic E-state index is -4.51. The molecule has 7 heteroatoms. The summed E-state index contributed by atoms with van der Waals surface area (Å²) in [6.07, 6.45) is -3.81. The van der Waals surface area contributed by atoms with E-state index < -0.39 is 11.7 Å². The molecule has 0 bridgehead atoms. The van der Waals surface area contributed by atoms with Crippen LogP contribution in [0.4, 0.5) is 13.2 Å². The van der Waals surface area contributed by atoms with Crippen LogP contribution in [0.1, 0.15) is 40.2 Å². The first kappa shape index (κ1) is 29.7. The molecule has 0 radical (unpaired) electrons. The Balaban J connectivity index is 1.53. The Labute approximate surface area is 239 Å². The standard InChI is InChI=1S/C33H34ClF3N2O/c1-38-22-25-16-18-29(19-17-25)40-21-9-20-39(23-28-14-8-15-31(32(28)34)33(35,36)37)24-30(26-10-4-2-5-11-26)27-12-6-3-7-13-27/h2-8,10-19,30,38H,9,20-24H2,1H3. The van der Waals surface area contributed by atoms with Crippen molar-refractivity contribution in [2.75, 3.05) is 26.7 Å². The summed E-state index contributed by atoms with van der Waals surface area (Å²) in [6, 6.07) is 32.4. The molecule has 3 nitrogen and oxygen atoms in total. The van der Waals surface area contributed by atoms with E-state index in [9.17, 15) is 13.2 Å². The normalized spacial score (nSPS) is 11.8. The van der Waals surface area contributed by atoms with E-state index in [1.807, 2.05) is 67.7 Å². The Bertz CT molecular complexity index is 1280. The molecule has 4 aromatic rings. The minimum absolute atomic E-state index is 0.0348. The molecule has 1 N–H and O–H groups in total. The summed E-state index contributed by atoms with van der Waals surface area (Å²) in [6.45, 7) is 2.80. The maximum atomic E-state index is 13.6. The monoisotopic (exact) mass is 566 g/mol. The summed E-state index contributed by atoms with van der Waals surface area (Å²) in [5, 5.41) is 2.88. The second-order valence-corrected chi connectivity index (χ2v) is 10.1. The lowest BCUT2D eigenvalue weighted by atomic mass is 9.90. The molecule has 0 aliphatic heterocycles. The molecular weight excluding hydrogens is 533 g/mol. The zero-order valence-electron chi connectivity index (χ0n) is 22.5. The van der Waals surface area contributed by atoms with Gasteiger partial charge in [0.15, 0.2) is 0 Å². The first-order valence-electron chi connectivity index (χ1n) is 13.4. The molecule has 4 rings (SSSR count). The van der Waals surface area contributed by atoms with Crippen LogP contribution in [0.3, 0.4) is 0 Å². The maximum Gasteiger partial charge on any atom is 0.417 e. The average Bonchev–Trinajstić information content (AvgIpc) is 2.96. The van der Waals surface area contributed by atoms with Gasteiger partial charge in [-0.3, -0.25) is 4.90 Å². The lowest BCUT2D eigenvalue weighted by molar-refractivity contribution is -0.137. The molecular formula is C33H34ClF3N2O. The van der Waals surface area contributed by atoms with Crippen molar-refractivity contribution >= 4 is 11.6 Å². The second-order valence-electron chi connectivity index (χ2n) is 9.76. The fourth-order valence-electron chi connectivity index (χ4n) is 4.81. The van der Waals surface area contributed by atoms with Crippen molar-refractivity contribution in [2.24, 2.45) is 0 Å². The second kappa shape index (κ2) is 14.4. The molecule has 0 fully saturated rings. The number of hydrogen-bond acceptors (Lipinski definition) is 3. The van der Waals surface area contributed by atoms with Crippen molar-refractivity contribution in [1.29, 1.82) is 0 Å². The Morgan fingerprint density at radius 1 is 0.825 bits per heavy atom. The predicted octanol–water partition coefficient (Wildman–Crippen LogP) is 8.18. The molecule has 4 aromatic carbocycles. The summed E-state index contributed by atoms with van der Waals surface area (Å²) in [7, 11) is 1.91. The highest BCUT2D eigenvalue weighted by Crippen LogP contribution is 2.37. The van der Waals surface area contributed by atoms with Gasteiger partial charge in [0.05, 0.1) is 17.2 Å². The fourth-order valence-corrected chi connectivity index (χ4v) is 5.11. The Morgan fingerprint density at radius 3 is 2.02 bits per heavy atom. The van der Waals surface area contributed by atoms with Crippen LogP contribution in [0.15, 0.2) is 103 Å². The van der Waals surface area contributed by atoms with Gasteiger partial charge in [-0.05, 0) is 53.9 Å². The number of rotatable bonds is 13. The van der Waals surface area contributed by atoms with Crippen molar-refractivity contribution in [2.45, 2.75) is 31.6 Å². The van der Waals surface area contributed by atoms with Crippen LogP contribution in [0, 0.1) is 0 Å². The molecule has 0 saturated heterocycles. The smallest absolute Gasteiger partial charge is 0.417 e. The number of alkyl halides is 3. The molecule has 0 saturated carbocycles. The third-order valence-corrected chi connectivity index (χ3v) is 7.26. The van der Waals surface area contributed by atoms with E-state index in [-0.39, 0.29) is 17.5 Å². The lowest BCUT2D eigenvalue weighted by Crippen LogP contribution is -2.31. The van der Waals surface area contributed by atoms with Gasteiger partial charge in [0.2, 0.25) is 0 Å². The molecule has 40 heavy (non-hydrogen) atoms. The van der Waals surface area contributed by atoms with Crippen molar-refractivity contribution in [3.63, 3.8) is 0 Å². The van der Waals surface area contributed by atoms with Gasteiger partial charge in [-0.2, -0.15) is 13.2 Å². The van der Waals surface area contributed by atoms with E-state index in [2.05, 4.69) is 34.5 Å². The van der Waals surface area contributed by atoms with E-state index in [4.69, 9.17) is 16.3 Å². The maximum absolute atomic E-state index is 13.6. The van der Waals surface area contributed by atoms with Gasteiger partial charge in [-0.15, -0.1) is 0 Å². The molecule has 0 spiro atoms. The summed E-state index contributed by atoms with van der Waals surface area (Å²) in [5.74, 6) is 0.825. The highest BCUT2D eigenvalue weighted by molar-refractivity contribution is 6.32. The summed E-state index contributed by atoms with van der Waals surface area (Å²) >= 11 is 6.31. The van der Waals surface area contributed by atoms with E-state index in [0.29, 0.717) is 31.7 Å². The van der Waals surface area contributed by atoms with Crippen LogP contribution in [-0.2, 0) is 19.3 Å². The SMILES string of the molecule is CNCc1ccc(OCCCN(Cc2cccc(C(F)(F)F)c2Cl)CC(c2ccccc2)c2ccccc2)cc1. The zero-order chi connectivity index (χ0) is 28.4. The third kappa shape index (κ3) is 8.34. The molecule has 0 atom stereocenters. The van der Waals surface area contributed by atoms with Crippen LogP contribution in [-0.4, -0.2) is 31.6 Å². The fraction of sp³-hybridized carbons (Fsp3) is 0.273. The predicted molar refractivity (Wildman–Crippen MR) is 156 cm³/mol. The summed E-state index contributed by atoms with van der Waals surface area (Å²) in [4.78, 5) is 2.17. The molecule has 0 aliphatic rings. The zero-order valence-corrected chi connectivity index (χ0v) is 23.3. The van der Waals surface area contributed by atoms with Gasteiger partial charge >= 0.3 is 6.18 Å². The summed E-state index contributed by atoms with van der Waals surface area (Å²) in [5.41, 5.74) is 3.11. The van der Waals surface area contributed by atoms with Gasteiger partial charge in [0.25, 0.3) is 0 Å². The number of hydrogen-bond donors (Lipinski definition) is 1. The molecule has 0 amide bonds. The Hall–Kier alpha value is -3.32. The Kier molecular flexibility index (Phi) is 10.6. The Morgan fingerprint density at radius 2 is 1.45 bits per heavy atom. The van der Waals surface area contributed by atoms with E-state index >= 15 is 0 Å². The lowest BCUT2D eigenvalue weighted by Gasteiger charge is -2.29. The van der Waals surface area contributed by atoms with Crippen molar-refractivity contribution in [3.05, 3.63) is 136 Å².